The molecule has 4 rings (SSSR count). The van der Waals surface area contributed by atoms with Crippen molar-refractivity contribution in [2.45, 2.75) is 12.3 Å². The van der Waals surface area contributed by atoms with Crippen LogP contribution >= 0.6 is 23.1 Å². The van der Waals surface area contributed by atoms with Gasteiger partial charge in [0.15, 0.2) is 0 Å². The fourth-order valence-electron chi connectivity index (χ4n) is 2.87. The zero-order chi connectivity index (χ0) is 18.6. The molecule has 0 N–H and O–H groups in total. The van der Waals surface area contributed by atoms with Crippen molar-refractivity contribution < 1.29 is 9.59 Å². The molecule has 0 saturated heterocycles. The third kappa shape index (κ3) is 3.72. The number of benzene rings is 1. The quantitative estimate of drug-likeness (QED) is 0.585. The van der Waals surface area contributed by atoms with Gasteiger partial charge in [-0.2, -0.15) is 0 Å². The van der Waals surface area contributed by atoms with E-state index in [2.05, 4.69) is 4.98 Å². The Hall–Kier alpha value is -2.70. The maximum absolute atomic E-state index is 13.1. The van der Waals surface area contributed by atoms with E-state index in [-0.39, 0.29) is 18.4 Å². The van der Waals surface area contributed by atoms with E-state index in [1.165, 1.54) is 28.0 Å². The monoisotopic (exact) mass is 392 g/mol. The van der Waals surface area contributed by atoms with Crippen LogP contribution in [0.15, 0.2) is 77.3 Å². The summed E-state index contributed by atoms with van der Waals surface area (Å²) >= 11 is 2.91. The van der Waals surface area contributed by atoms with Crippen molar-refractivity contribution in [3.05, 3.63) is 93.3 Å². The fraction of sp³-hybridized carbons (Fsp3) is 0.0952. The number of imide groups is 1. The Bertz CT molecular complexity index is 984. The number of aromatic nitrogens is 1. The molecular weight excluding hydrogens is 376 g/mol. The average molecular weight is 393 g/mol. The number of nitrogens with zero attached hydrogens (tertiary/aromatic N) is 2. The van der Waals surface area contributed by atoms with Crippen LogP contribution in [0.5, 0.6) is 0 Å². The summed E-state index contributed by atoms with van der Waals surface area (Å²) in [5, 5.41) is 1.92. The second kappa shape index (κ2) is 7.90. The molecule has 6 heteroatoms. The number of carbonyl (C=O) groups is 2. The van der Waals surface area contributed by atoms with Crippen molar-refractivity contribution in [1.29, 1.82) is 0 Å². The predicted octanol–water partition coefficient (Wildman–Crippen LogP) is 4.36. The summed E-state index contributed by atoms with van der Waals surface area (Å²) in [5.74, 6) is 0.198. The van der Waals surface area contributed by atoms with Crippen LogP contribution in [0.25, 0.3) is 5.57 Å². The summed E-state index contributed by atoms with van der Waals surface area (Å²) in [7, 11) is 0. The van der Waals surface area contributed by atoms with Gasteiger partial charge < -0.3 is 0 Å². The zero-order valence-electron chi connectivity index (χ0n) is 14.4. The molecule has 0 aliphatic carbocycles. The summed E-state index contributed by atoms with van der Waals surface area (Å²) in [5.41, 5.74) is 2.52. The van der Waals surface area contributed by atoms with Crippen LogP contribution in [0.1, 0.15) is 16.0 Å². The highest BCUT2D eigenvalue weighted by atomic mass is 32.2. The Morgan fingerprint density at radius 3 is 2.37 bits per heavy atom. The lowest BCUT2D eigenvalue weighted by atomic mass is 10.2. The molecule has 1 aliphatic heterocycles. The highest BCUT2D eigenvalue weighted by Gasteiger charge is 2.39. The molecule has 3 heterocycles. The second-order valence-corrected chi connectivity index (χ2v) is 7.94. The second-order valence-electron chi connectivity index (χ2n) is 6.01. The lowest BCUT2D eigenvalue weighted by Gasteiger charge is -2.14. The van der Waals surface area contributed by atoms with Gasteiger partial charge in [0, 0.05) is 23.0 Å². The molecule has 0 atom stereocenters. The normalized spacial score (nSPS) is 14.3. The van der Waals surface area contributed by atoms with Crippen LogP contribution in [0.2, 0.25) is 0 Å². The molecule has 0 fully saturated rings. The molecular formula is C21H16N2O2S2. The van der Waals surface area contributed by atoms with Gasteiger partial charge in [0.25, 0.3) is 11.8 Å². The van der Waals surface area contributed by atoms with Crippen LogP contribution in [-0.4, -0.2) is 21.7 Å². The van der Waals surface area contributed by atoms with E-state index >= 15 is 0 Å². The molecule has 3 aromatic rings. The predicted molar refractivity (Wildman–Crippen MR) is 109 cm³/mol. The number of pyridine rings is 1. The van der Waals surface area contributed by atoms with Crippen molar-refractivity contribution in [1.82, 2.24) is 9.88 Å². The number of rotatable bonds is 6. The Kier molecular flexibility index (Phi) is 5.18. The largest absolute Gasteiger partial charge is 0.269 e. The molecule has 4 nitrogen and oxygen atoms in total. The van der Waals surface area contributed by atoms with Crippen LogP contribution < -0.4 is 0 Å². The topological polar surface area (TPSA) is 50.3 Å². The van der Waals surface area contributed by atoms with Gasteiger partial charge >= 0.3 is 0 Å². The maximum Gasteiger partial charge on any atom is 0.268 e. The highest BCUT2D eigenvalue weighted by molar-refractivity contribution is 8.03. The van der Waals surface area contributed by atoms with Gasteiger partial charge in [-0.15, -0.1) is 23.1 Å². The number of thioether (sulfide) groups is 1. The van der Waals surface area contributed by atoms with E-state index in [0.717, 1.165) is 16.0 Å². The molecule has 2 aromatic heterocycles. The Morgan fingerprint density at radius 2 is 1.67 bits per heavy atom. The Balaban J connectivity index is 1.63. The van der Waals surface area contributed by atoms with Gasteiger partial charge in [-0.25, -0.2) is 0 Å². The van der Waals surface area contributed by atoms with E-state index in [4.69, 9.17) is 0 Å². The fourth-order valence-corrected chi connectivity index (χ4v) is 4.78. The van der Waals surface area contributed by atoms with Crippen molar-refractivity contribution >= 4 is 40.5 Å². The SMILES string of the molecule is O=C1C(SCc2ccccc2)=C(c2cccs2)C(=O)N1Cc1ccncc1. The van der Waals surface area contributed by atoms with Gasteiger partial charge in [-0.05, 0) is 34.7 Å². The van der Waals surface area contributed by atoms with Gasteiger partial charge in [0.2, 0.25) is 0 Å². The molecule has 0 spiro atoms. The minimum atomic E-state index is -0.227. The minimum absolute atomic E-state index is 0.221. The molecule has 134 valence electrons. The first-order valence-corrected chi connectivity index (χ1v) is 10.3. The highest BCUT2D eigenvalue weighted by Crippen LogP contribution is 2.39. The number of thiophene rings is 1. The van der Waals surface area contributed by atoms with E-state index in [1.807, 2.05) is 60.0 Å². The van der Waals surface area contributed by atoms with Crippen LogP contribution in [0, 0.1) is 0 Å². The molecule has 1 aromatic carbocycles. The van der Waals surface area contributed by atoms with E-state index in [0.29, 0.717) is 16.2 Å². The first kappa shape index (κ1) is 17.7. The number of carbonyl (C=O) groups excluding carboxylic acids is 2. The van der Waals surface area contributed by atoms with Gasteiger partial charge in [0.05, 0.1) is 17.0 Å². The molecule has 2 amide bonds. The average Bonchev–Trinajstić information content (AvgIpc) is 3.31. The van der Waals surface area contributed by atoms with Crippen LogP contribution in [0.4, 0.5) is 0 Å². The summed E-state index contributed by atoms with van der Waals surface area (Å²) in [6, 6.07) is 17.4. The first-order valence-electron chi connectivity index (χ1n) is 8.44. The standard InChI is InChI=1S/C21H16N2O2S2/c24-20-18(17-7-4-12-26-17)19(27-14-16-5-2-1-3-6-16)21(25)23(20)13-15-8-10-22-11-9-15/h1-12H,13-14H2. The summed E-state index contributed by atoms with van der Waals surface area (Å²) in [6.45, 7) is 0.254. The lowest BCUT2D eigenvalue weighted by Crippen LogP contribution is -2.30. The molecule has 0 bridgehead atoms. The van der Waals surface area contributed by atoms with E-state index in [1.54, 1.807) is 12.4 Å². The van der Waals surface area contributed by atoms with Gasteiger partial charge in [-0.1, -0.05) is 36.4 Å². The molecule has 0 saturated carbocycles. The molecule has 27 heavy (non-hydrogen) atoms. The molecule has 1 aliphatic rings. The van der Waals surface area contributed by atoms with Crippen molar-refractivity contribution in [2.75, 3.05) is 0 Å². The lowest BCUT2D eigenvalue weighted by molar-refractivity contribution is -0.137. The third-order valence-electron chi connectivity index (χ3n) is 4.21. The summed E-state index contributed by atoms with van der Waals surface area (Å²) in [4.78, 5) is 32.8. The Labute approximate surface area is 165 Å². The Morgan fingerprint density at radius 1 is 0.889 bits per heavy atom. The smallest absolute Gasteiger partial charge is 0.268 e. The van der Waals surface area contributed by atoms with Crippen molar-refractivity contribution in [3.8, 4) is 0 Å². The van der Waals surface area contributed by atoms with Crippen LogP contribution in [0.3, 0.4) is 0 Å². The maximum atomic E-state index is 13.1. The third-order valence-corrected chi connectivity index (χ3v) is 6.24. The minimum Gasteiger partial charge on any atom is -0.269 e. The van der Waals surface area contributed by atoms with Crippen molar-refractivity contribution in [2.24, 2.45) is 0 Å². The zero-order valence-corrected chi connectivity index (χ0v) is 16.0. The van der Waals surface area contributed by atoms with Gasteiger partial charge in [0.1, 0.15) is 0 Å². The van der Waals surface area contributed by atoms with E-state index in [9.17, 15) is 9.59 Å². The van der Waals surface area contributed by atoms with E-state index < -0.39 is 0 Å². The summed E-state index contributed by atoms with van der Waals surface area (Å²) < 4.78 is 0. The van der Waals surface area contributed by atoms with Crippen molar-refractivity contribution in [3.63, 3.8) is 0 Å². The summed E-state index contributed by atoms with van der Waals surface area (Å²) in [6.07, 6.45) is 3.33. The molecule has 0 unspecified atom stereocenters. The number of hydrogen-bond donors (Lipinski definition) is 0. The number of hydrogen-bond acceptors (Lipinski definition) is 5. The number of amides is 2. The van der Waals surface area contributed by atoms with Gasteiger partial charge in [-0.3, -0.25) is 19.5 Å². The van der Waals surface area contributed by atoms with Crippen LogP contribution in [-0.2, 0) is 21.9 Å². The molecule has 0 radical (unpaired) electrons. The first-order chi connectivity index (χ1) is 13.2.